The van der Waals surface area contributed by atoms with Crippen LogP contribution in [0.5, 0.6) is 0 Å². The van der Waals surface area contributed by atoms with Gasteiger partial charge in [-0.3, -0.25) is 14.9 Å². The summed E-state index contributed by atoms with van der Waals surface area (Å²) >= 11 is 5.33. The van der Waals surface area contributed by atoms with Crippen LogP contribution < -0.4 is 5.32 Å². The van der Waals surface area contributed by atoms with Gasteiger partial charge in [-0.05, 0) is 6.07 Å². The minimum absolute atomic E-state index is 0.255. The topological polar surface area (TPSA) is 119 Å². The largest absolute Gasteiger partial charge is 0.467 e. The van der Waals surface area contributed by atoms with Crippen LogP contribution in [0.4, 0.5) is 24.5 Å². The van der Waals surface area contributed by atoms with Crippen molar-refractivity contribution in [3.63, 3.8) is 0 Å². The molecule has 24 heavy (non-hydrogen) atoms. The number of methoxy groups -OCH3 is 1. The molecule has 0 aliphatic heterocycles. The summed E-state index contributed by atoms with van der Waals surface area (Å²) in [5, 5.41) is 19.2. The van der Waals surface area contributed by atoms with Gasteiger partial charge in [0.15, 0.2) is 5.38 Å². The van der Waals surface area contributed by atoms with E-state index in [1.165, 1.54) is 0 Å². The number of halogens is 4. The van der Waals surface area contributed by atoms with Gasteiger partial charge in [0.05, 0.1) is 12.0 Å². The molecule has 0 aliphatic rings. The summed E-state index contributed by atoms with van der Waals surface area (Å²) in [4.78, 5) is 32.9. The minimum atomic E-state index is -5.60. The lowest BCUT2D eigenvalue weighted by Crippen LogP contribution is -2.62. The molecule has 1 aromatic carbocycles. The highest BCUT2D eigenvalue weighted by Crippen LogP contribution is 2.37. The molecule has 0 spiro atoms. The van der Waals surface area contributed by atoms with Crippen LogP contribution >= 0.6 is 11.6 Å². The van der Waals surface area contributed by atoms with Gasteiger partial charge in [-0.15, -0.1) is 11.6 Å². The van der Waals surface area contributed by atoms with E-state index >= 15 is 0 Å². The zero-order valence-electron chi connectivity index (χ0n) is 11.8. The maximum atomic E-state index is 13.0. The fourth-order valence-corrected chi connectivity index (χ4v) is 1.88. The molecule has 0 saturated carbocycles. The minimum Gasteiger partial charge on any atom is -0.467 e. The number of nitro benzene ring substituents is 1. The molecule has 12 heteroatoms. The Kier molecular flexibility index (Phi) is 5.74. The number of amides is 1. The Balaban J connectivity index is 3.11. The molecule has 0 fully saturated rings. The Hall–Kier alpha value is -2.40. The van der Waals surface area contributed by atoms with Crippen molar-refractivity contribution in [2.75, 3.05) is 12.4 Å². The van der Waals surface area contributed by atoms with Crippen LogP contribution in [0.3, 0.4) is 0 Å². The van der Waals surface area contributed by atoms with Crippen LogP contribution in [0.15, 0.2) is 24.3 Å². The molecule has 1 aromatic rings. The van der Waals surface area contributed by atoms with Gasteiger partial charge in [-0.1, -0.05) is 6.07 Å². The molecule has 0 heterocycles. The number of carbonyl (C=O) groups excluding carboxylic acids is 2. The van der Waals surface area contributed by atoms with E-state index in [-0.39, 0.29) is 5.69 Å². The maximum absolute atomic E-state index is 13.0. The van der Waals surface area contributed by atoms with E-state index in [1.54, 1.807) is 0 Å². The van der Waals surface area contributed by atoms with Crippen LogP contribution in [0.1, 0.15) is 0 Å². The van der Waals surface area contributed by atoms with Crippen molar-refractivity contribution >= 4 is 34.9 Å². The predicted molar refractivity (Wildman–Crippen MR) is 74.4 cm³/mol. The van der Waals surface area contributed by atoms with Crippen molar-refractivity contribution in [1.29, 1.82) is 0 Å². The molecule has 0 aromatic heterocycles. The first-order valence-corrected chi connectivity index (χ1v) is 6.45. The highest BCUT2D eigenvalue weighted by molar-refractivity contribution is 6.35. The number of rotatable bonds is 5. The summed E-state index contributed by atoms with van der Waals surface area (Å²) in [6.07, 6.45) is -5.60. The highest BCUT2D eigenvalue weighted by atomic mass is 35.5. The number of anilines is 1. The third kappa shape index (κ3) is 3.74. The molecule has 0 saturated heterocycles. The van der Waals surface area contributed by atoms with Crippen LogP contribution in [0.2, 0.25) is 0 Å². The van der Waals surface area contributed by atoms with E-state index in [4.69, 9.17) is 11.6 Å². The summed E-state index contributed by atoms with van der Waals surface area (Å²) in [6, 6.07) is 4.23. The number of hydrogen-bond donors (Lipinski definition) is 2. The number of nitro groups is 1. The number of non-ortho nitro benzene ring substituents is 1. The number of nitrogens with one attached hydrogen (secondary N) is 1. The zero-order chi connectivity index (χ0) is 18.7. The first-order valence-electron chi connectivity index (χ1n) is 6.02. The second kappa shape index (κ2) is 7.01. The van der Waals surface area contributed by atoms with E-state index in [0.29, 0.717) is 7.11 Å². The molecule has 0 unspecified atom stereocenters. The van der Waals surface area contributed by atoms with Crippen molar-refractivity contribution in [2.45, 2.75) is 17.2 Å². The van der Waals surface area contributed by atoms with Gasteiger partial charge >= 0.3 is 12.1 Å². The molecule has 8 nitrogen and oxygen atoms in total. The van der Waals surface area contributed by atoms with Gasteiger partial charge in [0.2, 0.25) is 5.91 Å². The Labute approximate surface area is 137 Å². The number of alkyl halides is 4. The lowest BCUT2D eigenvalue weighted by Gasteiger charge is -2.30. The number of esters is 1. The van der Waals surface area contributed by atoms with Crippen LogP contribution in [-0.2, 0) is 14.3 Å². The quantitative estimate of drug-likeness (QED) is 0.352. The predicted octanol–water partition coefficient (Wildman–Crippen LogP) is 1.61. The van der Waals surface area contributed by atoms with Gasteiger partial charge in [0.25, 0.3) is 11.3 Å². The van der Waals surface area contributed by atoms with Gasteiger partial charge in [-0.25, -0.2) is 4.79 Å². The summed E-state index contributed by atoms with van der Waals surface area (Å²) in [7, 11) is 0.571. The van der Waals surface area contributed by atoms with Crippen LogP contribution in [0, 0.1) is 10.1 Å². The Morgan fingerprint density at radius 3 is 2.46 bits per heavy atom. The third-order valence-electron chi connectivity index (χ3n) is 2.85. The monoisotopic (exact) mass is 370 g/mol. The Bertz CT molecular complexity index is 668. The van der Waals surface area contributed by atoms with Crippen LogP contribution in [0.25, 0.3) is 0 Å². The van der Waals surface area contributed by atoms with Crippen molar-refractivity contribution in [3.05, 3.63) is 34.4 Å². The van der Waals surface area contributed by atoms with Crippen molar-refractivity contribution in [2.24, 2.45) is 0 Å². The standard InChI is InChI=1S/C12H10ClF3N2O6/c1-24-10(20)11(21,12(14,15)16)8(13)9(19)17-6-3-2-4-7(5-6)18(22)23/h2-5,8,21H,1H3,(H,17,19)/t8-,11+/m1/s1. The second-order valence-corrected chi connectivity index (χ2v) is 4.85. The van der Waals surface area contributed by atoms with Crippen molar-refractivity contribution in [3.8, 4) is 0 Å². The average Bonchev–Trinajstić information content (AvgIpc) is 2.51. The van der Waals surface area contributed by atoms with Crippen molar-refractivity contribution in [1.82, 2.24) is 0 Å². The van der Waals surface area contributed by atoms with E-state index in [2.05, 4.69) is 4.74 Å². The first-order chi connectivity index (χ1) is 10.9. The number of benzene rings is 1. The highest BCUT2D eigenvalue weighted by Gasteiger charge is 2.67. The molecule has 0 aliphatic carbocycles. The normalized spacial score (nSPS) is 15.1. The molecule has 1 rings (SSSR count). The lowest BCUT2D eigenvalue weighted by atomic mass is 9.98. The number of hydrogen-bond acceptors (Lipinski definition) is 6. The SMILES string of the molecule is COC(=O)[C@@](O)([C@H](Cl)C(=O)Nc1cccc([N+](=O)[O-])c1)C(F)(F)F. The van der Waals surface area contributed by atoms with E-state index in [0.717, 1.165) is 24.3 Å². The van der Waals surface area contributed by atoms with Gasteiger partial charge in [0.1, 0.15) is 0 Å². The maximum Gasteiger partial charge on any atom is 0.430 e. The summed E-state index contributed by atoms with van der Waals surface area (Å²) in [6.45, 7) is 0. The molecule has 132 valence electrons. The van der Waals surface area contributed by atoms with E-state index in [9.17, 15) is 38.0 Å². The van der Waals surface area contributed by atoms with Gasteiger partial charge in [-0.2, -0.15) is 13.2 Å². The average molecular weight is 371 g/mol. The molecular formula is C12H10ClF3N2O6. The third-order valence-corrected chi connectivity index (χ3v) is 3.36. The zero-order valence-corrected chi connectivity index (χ0v) is 12.6. The molecule has 0 bridgehead atoms. The van der Waals surface area contributed by atoms with Gasteiger partial charge in [0, 0.05) is 17.8 Å². The molecule has 2 N–H and O–H groups in total. The molecule has 2 atom stereocenters. The van der Waals surface area contributed by atoms with Crippen molar-refractivity contribution < 1.29 is 37.5 Å². The number of ether oxygens (including phenoxy) is 1. The summed E-state index contributed by atoms with van der Waals surface area (Å²) < 4.78 is 42.7. The van der Waals surface area contributed by atoms with E-state index in [1.807, 2.05) is 5.32 Å². The fourth-order valence-electron chi connectivity index (χ4n) is 1.61. The smallest absolute Gasteiger partial charge is 0.430 e. The molecule has 0 radical (unpaired) electrons. The Morgan fingerprint density at radius 1 is 1.42 bits per heavy atom. The summed E-state index contributed by atoms with van der Waals surface area (Å²) in [5.74, 6) is -3.79. The second-order valence-electron chi connectivity index (χ2n) is 4.41. The summed E-state index contributed by atoms with van der Waals surface area (Å²) in [5.41, 5.74) is -5.00. The molecular weight excluding hydrogens is 361 g/mol. The Morgan fingerprint density at radius 2 is 2.00 bits per heavy atom. The number of carbonyl (C=O) groups is 2. The lowest BCUT2D eigenvalue weighted by molar-refractivity contribution is -0.384. The molecule has 1 amide bonds. The number of aliphatic hydroxyl groups is 1. The van der Waals surface area contributed by atoms with E-state index < -0.39 is 39.6 Å². The first kappa shape index (κ1) is 19.6. The number of nitrogens with zero attached hydrogens (tertiary/aromatic N) is 1. The van der Waals surface area contributed by atoms with Crippen LogP contribution in [-0.4, -0.2) is 46.2 Å². The fraction of sp³-hybridized carbons (Fsp3) is 0.333. The van der Waals surface area contributed by atoms with Gasteiger partial charge < -0.3 is 15.2 Å².